The minimum absolute atomic E-state index is 0.00596. The quantitative estimate of drug-likeness (QED) is 0.486. The summed E-state index contributed by atoms with van der Waals surface area (Å²) in [7, 11) is -4.40. The Hall–Kier alpha value is -2.05. The molecule has 0 aromatic heterocycles. The van der Waals surface area contributed by atoms with Crippen molar-refractivity contribution in [3.8, 4) is 17.2 Å². The molecule has 0 aliphatic carbocycles. The van der Waals surface area contributed by atoms with Crippen molar-refractivity contribution in [2.45, 2.75) is 50.3 Å². The number of ether oxygens (including phenoxy) is 1. The summed E-state index contributed by atoms with van der Waals surface area (Å²) in [4.78, 5) is -0.216. The van der Waals surface area contributed by atoms with Crippen LogP contribution in [0.25, 0.3) is 0 Å². The molecule has 136 valence electrons. The first-order valence-electron chi connectivity index (χ1n) is 8.48. The van der Waals surface area contributed by atoms with E-state index < -0.39 is 10.1 Å². The summed E-state index contributed by atoms with van der Waals surface area (Å²) >= 11 is 0. The predicted octanol–water partition coefficient (Wildman–Crippen LogP) is 4.94. The minimum Gasteiger partial charge on any atom is -0.504 e. The highest BCUT2D eigenvalue weighted by molar-refractivity contribution is 7.85. The lowest BCUT2D eigenvalue weighted by Crippen LogP contribution is -2.04. The normalized spacial score (nSPS) is 11.4. The maximum absolute atomic E-state index is 11.7. The second-order valence-electron chi connectivity index (χ2n) is 5.98. The third-order valence-corrected chi connectivity index (χ3v) is 4.88. The van der Waals surface area contributed by atoms with E-state index in [4.69, 9.17) is 4.74 Å². The Morgan fingerprint density at radius 3 is 2.32 bits per heavy atom. The van der Waals surface area contributed by atoms with Gasteiger partial charge in [-0.3, -0.25) is 4.55 Å². The molecule has 2 N–H and O–H groups in total. The van der Waals surface area contributed by atoms with Crippen LogP contribution in [0.1, 0.15) is 44.6 Å². The van der Waals surface area contributed by atoms with Crippen LogP contribution in [0.5, 0.6) is 17.2 Å². The minimum atomic E-state index is -4.40. The van der Waals surface area contributed by atoms with Gasteiger partial charge in [0.2, 0.25) is 0 Å². The zero-order valence-electron chi connectivity index (χ0n) is 14.3. The van der Waals surface area contributed by atoms with Crippen LogP contribution < -0.4 is 4.74 Å². The molecule has 0 saturated heterocycles. The molecule has 0 heterocycles. The smallest absolute Gasteiger partial charge is 0.294 e. The van der Waals surface area contributed by atoms with Crippen LogP contribution in [0.4, 0.5) is 0 Å². The largest absolute Gasteiger partial charge is 0.504 e. The Morgan fingerprint density at radius 1 is 1.00 bits per heavy atom. The molecule has 0 aliphatic rings. The molecule has 0 aliphatic heterocycles. The molecule has 0 radical (unpaired) electrons. The van der Waals surface area contributed by atoms with Crippen LogP contribution in [0, 0.1) is 0 Å². The molecule has 2 rings (SSSR count). The number of unbranched alkanes of at least 4 members (excludes halogenated alkanes) is 4. The molecule has 0 saturated carbocycles. The van der Waals surface area contributed by atoms with Crippen LogP contribution in [0.15, 0.2) is 47.4 Å². The number of hydrogen-bond donors (Lipinski definition) is 2. The molecule has 6 heteroatoms. The lowest BCUT2D eigenvalue weighted by Gasteiger charge is -2.13. The Labute approximate surface area is 149 Å². The van der Waals surface area contributed by atoms with E-state index in [0.717, 1.165) is 32.1 Å². The molecular weight excluding hydrogens is 340 g/mol. The fraction of sp³-hybridized carbons (Fsp3) is 0.368. The predicted molar refractivity (Wildman–Crippen MR) is 96.9 cm³/mol. The van der Waals surface area contributed by atoms with E-state index in [9.17, 15) is 18.1 Å². The highest BCUT2D eigenvalue weighted by Crippen LogP contribution is 2.35. The fourth-order valence-corrected chi connectivity index (χ4v) is 3.39. The number of aryl methyl sites for hydroxylation is 1. The molecule has 25 heavy (non-hydrogen) atoms. The second kappa shape index (κ2) is 8.87. The summed E-state index contributed by atoms with van der Waals surface area (Å²) in [5.41, 5.74) is 0.400. The molecule has 0 spiro atoms. The summed E-state index contributed by atoms with van der Waals surface area (Å²) in [5.74, 6) is 0.305. The van der Waals surface area contributed by atoms with Gasteiger partial charge in [0.15, 0.2) is 11.5 Å². The third-order valence-electron chi connectivity index (χ3n) is 3.94. The highest BCUT2D eigenvalue weighted by atomic mass is 32.2. The van der Waals surface area contributed by atoms with E-state index in [2.05, 4.69) is 6.92 Å². The van der Waals surface area contributed by atoms with Gasteiger partial charge < -0.3 is 9.84 Å². The molecule has 2 aromatic rings. The molecule has 0 unspecified atom stereocenters. The van der Waals surface area contributed by atoms with E-state index in [0.29, 0.717) is 17.7 Å². The standard InChI is InChI=1S/C19H24O5S/c1-2-3-4-5-7-10-15-13-17(20)18(14-19(15)25(21,22)23)24-16-11-8-6-9-12-16/h6,8-9,11-14,20H,2-5,7,10H2,1H3,(H,21,22,23). The van der Waals surface area contributed by atoms with E-state index in [1.165, 1.54) is 12.1 Å². The first-order valence-corrected chi connectivity index (χ1v) is 9.92. The molecule has 2 aromatic carbocycles. The van der Waals surface area contributed by atoms with Gasteiger partial charge in [-0.1, -0.05) is 50.8 Å². The Morgan fingerprint density at radius 2 is 1.68 bits per heavy atom. The van der Waals surface area contributed by atoms with Gasteiger partial charge in [-0.05, 0) is 36.6 Å². The first-order chi connectivity index (χ1) is 11.9. The number of phenolic OH excluding ortho intramolecular Hbond substituents is 1. The van der Waals surface area contributed by atoms with Crippen molar-refractivity contribution in [1.82, 2.24) is 0 Å². The summed E-state index contributed by atoms with van der Waals surface area (Å²) in [6.07, 6.45) is 5.59. The average molecular weight is 364 g/mol. The van der Waals surface area contributed by atoms with Gasteiger partial charge in [0, 0.05) is 6.07 Å². The molecule has 0 amide bonds. The van der Waals surface area contributed by atoms with Gasteiger partial charge in [-0.2, -0.15) is 8.42 Å². The first kappa shape index (κ1) is 19.3. The van der Waals surface area contributed by atoms with Gasteiger partial charge in [-0.25, -0.2) is 0 Å². The zero-order chi connectivity index (χ0) is 18.3. The Bertz CT molecular complexity index is 785. The third kappa shape index (κ3) is 5.76. The van der Waals surface area contributed by atoms with E-state index in [1.54, 1.807) is 24.3 Å². The average Bonchev–Trinajstić information content (AvgIpc) is 2.56. The molecule has 0 bridgehead atoms. The number of rotatable bonds is 9. The number of hydrogen-bond acceptors (Lipinski definition) is 4. The van der Waals surface area contributed by atoms with Crippen molar-refractivity contribution in [1.29, 1.82) is 0 Å². The Kier molecular flexibility index (Phi) is 6.84. The molecule has 0 atom stereocenters. The second-order valence-corrected chi connectivity index (χ2v) is 7.37. The van der Waals surface area contributed by atoms with E-state index in [-0.39, 0.29) is 16.4 Å². The van der Waals surface area contributed by atoms with Gasteiger partial charge >= 0.3 is 0 Å². The van der Waals surface area contributed by atoms with Crippen LogP contribution in [0.3, 0.4) is 0 Å². The number of phenols is 1. The maximum atomic E-state index is 11.7. The van der Waals surface area contributed by atoms with Crippen LogP contribution in [0.2, 0.25) is 0 Å². The number of aromatic hydroxyl groups is 1. The van der Waals surface area contributed by atoms with Crippen LogP contribution in [-0.4, -0.2) is 18.1 Å². The van der Waals surface area contributed by atoms with Crippen molar-refractivity contribution >= 4 is 10.1 Å². The summed E-state index contributed by atoms with van der Waals surface area (Å²) in [6, 6.07) is 11.3. The lowest BCUT2D eigenvalue weighted by molar-refractivity contribution is 0.408. The molecular formula is C19H24O5S. The molecule has 5 nitrogen and oxygen atoms in total. The van der Waals surface area contributed by atoms with Gasteiger partial charge in [0.1, 0.15) is 10.6 Å². The monoisotopic (exact) mass is 364 g/mol. The summed E-state index contributed by atoms with van der Waals surface area (Å²) in [6.45, 7) is 2.12. The van der Waals surface area contributed by atoms with Crippen molar-refractivity contribution < 1.29 is 22.8 Å². The molecule has 0 fully saturated rings. The SMILES string of the molecule is CCCCCCCc1cc(O)c(Oc2ccccc2)cc1S(=O)(=O)O. The van der Waals surface area contributed by atoms with E-state index in [1.807, 2.05) is 6.07 Å². The van der Waals surface area contributed by atoms with Gasteiger partial charge in [-0.15, -0.1) is 0 Å². The summed E-state index contributed by atoms with van der Waals surface area (Å²) in [5, 5.41) is 10.2. The van der Waals surface area contributed by atoms with E-state index >= 15 is 0 Å². The number of para-hydroxylation sites is 1. The van der Waals surface area contributed by atoms with Crippen LogP contribution >= 0.6 is 0 Å². The summed E-state index contributed by atoms with van der Waals surface area (Å²) < 4.78 is 38.5. The van der Waals surface area contributed by atoms with Crippen LogP contribution in [-0.2, 0) is 16.5 Å². The number of benzene rings is 2. The topological polar surface area (TPSA) is 83.8 Å². The highest BCUT2D eigenvalue weighted by Gasteiger charge is 2.20. The van der Waals surface area contributed by atoms with Crippen molar-refractivity contribution in [3.63, 3.8) is 0 Å². The van der Waals surface area contributed by atoms with Crippen molar-refractivity contribution in [3.05, 3.63) is 48.0 Å². The van der Waals surface area contributed by atoms with Crippen molar-refractivity contribution in [2.75, 3.05) is 0 Å². The van der Waals surface area contributed by atoms with Gasteiger partial charge in [0.25, 0.3) is 10.1 Å². The van der Waals surface area contributed by atoms with Gasteiger partial charge in [0.05, 0.1) is 0 Å². The van der Waals surface area contributed by atoms with Crippen molar-refractivity contribution in [2.24, 2.45) is 0 Å². The maximum Gasteiger partial charge on any atom is 0.294 e. The fourth-order valence-electron chi connectivity index (χ4n) is 2.64. The Balaban J connectivity index is 2.24. The zero-order valence-corrected chi connectivity index (χ0v) is 15.1. The lowest BCUT2D eigenvalue weighted by atomic mass is 10.0.